The molecule has 3 aromatic rings. The van der Waals surface area contributed by atoms with Gasteiger partial charge in [0, 0.05) is 16.6 Å². The molecule has 2 aromatic heterocycles. The summed E-state index contributed by atoms with van der Waals surface area (Å²) in [4.78, 5) is 6.91. The zero-order valence-corrected chi connectivity index (χ0v) is 17.1. The van der Waals surface area contributed by atoms with Crippen LogP contribution in [-0.4, -0.2) is 45.2 Å². The van der Waals surface area contributed by atoms with Crippen molar-refractivity contribution >= 4 is 23.1 Å². The highest BCUT2D eigenvalue weighted by molar-refractivity contribution is 6.30. The highest BCUT2D eigenvalue weighted by Crippen LogP contribution is 2.23. The molecule has 6 heteroatoms. The standard InChI is InChI=1S/C21H28ClN5/c1-4-26(5-2)13-7-8-16(3)24-20-11-12-21-23-15-19(27(21)25-20)17-9-6-10-18(22)14-17/h6,9-12,14-16H,4-5,7-8,13H2,1-3H3,(H,24,25)/t16-/m1/s1. The van der Waals surface area contributed by atoms with Crippen molar-refractivity contribution in [2.45, 2.75) is 39.7 Å². The van der Waals surface area contributed by atoms with Gasteiger partial charge in [-0.3, -0.25) is 0 Å². The number of hydrogen-bond acceptors (Lipinski definition) is 4. The third kappa shape index (κ3) is 4.99. The lowest BCUT2D eigenvalue weighted by atomic mass is 10.1. The van der Waals surface area contributed by atoms with E-state index >= 15 is 0 Å². The molecule has 3 rings (SSSR count). The van der Waals surface area contributed by atoms with Crippen LogP contribution in [0.5, 0.6) is 0 Å². The molecule has 0 aliphatic carbocycles. The Morgan fingerprint density at radius 3 is 2.74 bits per heavy atom. The number of hydrogen-bond donors (Lipinski definition) is 1. The average Bonchev–Trinajstić information content (AvgIpc) is 3.08. The number of fused-ring (bicyclic) bond motifs is 1. The van der Waals surface area contributed by atoms with Crippen LogP contribution < -0.4 is 5.32 Å². The van der Waals surface area contributed by atoms with Gasteiger partial charge in [-0.25, -0.2) is 9.50 Å². The van der Waals surface area contributed by atoms with E-state index in [2.05, 4.69) is 36.0 Å². The molecule has 0 fully saturated rings. The second-order valence-corrected chi connectivity index (χ2v) is 7.29. The summed E-state index contributed by atoms with van der Waals surface area (Å²) in [6.07, 6.45) is 4.13. The first-order valence-electron chi connectivity index (χ1n) is 9.70. The van der Waals surface area contributed by atoms with Gasteiger partial charge in [-0.15, -0.1) is 5.10 Å². The van der Waals surface area contributed by atoms with Crippen molar-refractivity contribution in [3.8, 4) is 11.3 Å². The van der Waals surface area contributed by atoms with Crippen molar-refractivity contribution in [1.29, 1.82) is 0 Å². The Morgan fingerprint density at radius 1 is 1.19 bits per heavy atom. The van der Waals surface area contributed by atoms with Crippen molar-refractivity contribution in [3.63, 3.8) is 0 Å². The lowest BCUT2D eigenvalue weighted by Gasteiger charge is -2.20. The molecule has 0 bridgehead atoms. The fourth-order valence-corrected chi connectivity index (χ4v) is 3.47. The first-order valence-corrected chi connectivity index (χ1v) is 10.1. The molecule has 0 aliphatic heterocycles. The van der Waals surface area contributed by atoms with Crippen molar-refractivity contribution in [1.82, 2.24) is 19.5 Å². The summed E-state index contributed by atoms with van der Waals surface area (Å²) in [6, 6.07) is 12.1. The Bertz CT molecular complexity index is 872. The van der Waals surface area contributed by atoms with Crippen molar-refractivity contribution < 1.29 is 0 Å². The lowest BCUT2D eigenvalue weighted by molar-refractivity contribution is 0.295. The number of aromatic nitrogens is 3. The molecular weight excluding hydrogens is 358 g/mol. The summed E-state index contributed by atoms with van der Waals surface area (Å²) >= 11 is 6.14. The molecule has 1 N–H and O–H groups in total. The highest BCUT2D eigenvalue weighted by atomic mass is 35.5. The van der Waals surface area contributed by atoms with Crippen LogP contribution in [-0.2, 0) is 0 Å². The van der Waals surface area contributed by atoms with E-state index in [0.29, 0.717) is 11.1 Å². The molecular formula is C21H28ClN5. The first kappa shape index (κ1) is 19.6. The summed E-state index contributed by atoms with van der Waals surface area (Å²) in [6.45, 7) is 10.0. The molecule has 1 aromatic carbocycles. The number of imidazole rings is 1. The van der Waals surface area contributed by atoms with E-state index in [0.717, 1.165) is 48.8 Å². The Kier molecular flexibility index (Phi) is 6.69. The second-order valence-electron chi connectivity index (χ2n) is 6.86. The molecule has 0 spiro atoms. The maximum absolute atomic E-state index is 6.14. The number of anilines is 1. The second kappa shape index (κ2) is 9.20. The SMILES string of the molecule is CCN(CC)CCC[C@@H](C)Nc1ccc2ncc(-c3cccc(Cl)c3)n2n1. The average molecular weight is 386 g/mol. The zero-order chi connectivity index (χ0) is 19.2. The molecule has 27 heavy (non-hydrogen) atoms. The van der Waals surface area contributed by atoms with E-state index in [4.69, 9.17) is 16.7 Å². The molecule has 5 nitrogen and oxygen atoms in total. The molecule has 0 radical (unpaired) electrons. The fourth-order valence-electron chi connectivity index (χ4n) is 3.28. The van der Waals surface area contributed by atoms with E-state index in [9.17, 15) is 0 Å². The quantitative estimate of drug-likeness (QED) is 0.564. The maximum Gasteiger partial charge on any atom is 0.154 e. The first-order chi connectivity index (χ1) is 13.1. The predicted molar refractivity (Wildman–Crippen MR) is 114 cm³/mol. The Morgan fingerprint density at radius 2 is 2.00 bits per heavy atom. The van der Waals surface area contributed by atoms with Crippen LogP contribution in [0.4, 0.5) is 5.82 Å². The molecule has 0 aliphatic rings. The third-order valence-electron chi connectivity index (χ3n) is 4.88. The van der Waals surface area contributed by atoms with Crippen molar-refractivity contribution in [3.05, 3.63) is 47.6 Å². The minimum absolute atomic E-state index is 0.364. The largest absolute Gasteiger partial charge is 0.366 e. The van der Waals surface area contributed by atoms with Gasteiger partial charge in [-0.2, -0.15) is 0 Å². The van der Waals surface area contributed by atoms with Crippen LogP contribution in [0.1, 0.15) is 33.6 Å². The van der Waals surface area contributed by atoms with Gasteiger partial charge >= 0.3 is 0 Å². The van der Waals surface area contributed by atoms with Crippen LogP contribution in [0.25, 0.3) is 16.9 Å². The minimum Gasteiger partial charge on any atom is -0.366 e. The summed E-state index contributed by atoms with van der Waals surface area (Å²) in [5.74, 6) is 0.860. The minimum atomic E-state index is 0.364. The van der Waals surface area contributed by atoms with Gasteiger partial charge in [-0.05, 0) is 63.7 Å². The van der Waals surface area contributed by atoms with Gasteiger partial charge < -0.3 is 10.2 Å². The smallest absolute Gasteiger partial charge is 0.154 e. The van der Waals surface area contributed by atoms with Crippen LogP contribution in [0, 0.1) is 0 Å². The number of benzene rings is 1. The Labute approximate surface area is 166 Å². The van der Waals surface area contributed by atoms with Crippen LogP contribution in [0.2, 0.25) is 5.02 Å². The molecule has 0 saturated heterocycles. The number of nitrogens with one attached hydrogen (secondary N) is 1. The molecule has 0 saturated carbocycles. The lowest BCUT2D eigenvalue weighted by Crippen LogP contribution is -2.25. The molecule has 1 atom stereocenters. The van der Waals surface area contributed by atoms with Crippen LogP contribution in [0.15, 0.2) is 42.6 Å². The van der Waals surface area contributed by atoms with Crippen LogP contribution in [0.3, 0.4) is 0 Å². The third-order valence-corrected chi connectivity index (χ3v) is 5.12. The predicted octanol–water partition coefficient (Wildman–Crippen LogP) is 4.97. The number of nitrogens with zero attached hydrogens (tertiary/aromatic N) is 4. The van der Waals surface area contributed by atoms with Crippen molar-refractivity contribution in [2.75, 3.05) is 25.0 Å². The summed E-state index contributed by atoms with van der Waals surface area (Å²) < 4.78 is 1.87. The summed E-state index contributed by atoms with van der Waals surface area (Å²) in [7, 11) is 0. The van der Waals surface area contributed by atoms with Gasteiger partial charge in [-0.1, -0.05) is 37.6 Å². The molecule has 0 unspecified atom stereocenters. The van der Waals surface area contributed by atoms with Crippen molar-refractivity contribution in [2.24, 2.45) is 0 Å². The maximum atomic E-state index is 6.14. The monoisotopic (exact) mass is 385 g/mol. The summed E-state index contributed by atoms with van der Waals surface area (Å²) in [5.41, 5.74) is 2.77. The summed E-state index contributed by atoms with van der Waals surface area (Å²) in [5, 5.41) is 8.97. The fraction of sp³-hybridized carbons (Fsp3) is 0.429. The molecule has 0 amide bonds. The van der Waals surface area contributed by atoms with Crippen LogP contribution >= 0.6 is 11.6 Å². The van der Waals surface area contributed by atoms with Gasteiger partial charge in [0.2, 0.25) is 0 Å². The highest BCUT2D eigenvalue weighted by Gasteiger charge is 2.10. The van der Waals surface area contributed by atoms with Gasteiger partial charge in [0.1, 0.15) is 5.82 Å². The van der Waals surface area contributed by atoms with E-state index in [1.807, 2.05) is 47.1 Å². The number of halogens is 1. The van der Waals surface area contributed by atoms with E-state index in [1.165, 1.54) is 6.42 Å². The van der Waals surface area contributed by atoms with E-state index < -0.39 is 0 Å². The molecule has 144 valence electrons. The van der Waals surface area contributed by atoms with E-state index in [1.54, 1.807) is 0 Å². The van der Waals surface area contributed by atoms with E-state index in [-0.39, 0.29) is 0 Å². The Balaban J connectivity index is 1.70. The number of rotatable bonds is 9. The normalized spacial score (nSPS) is 12.6. The Hall–Kier alpha value is -2.11. The topological polar surface area (TPSA) is 45.5 Å². The molecule has 2 heterocycles. The van der Waals surface area contributed by atoms with Gasteiger partial charge in [0.25, 0.3) is 0 Å². The van der Waals surface area contributed by atoms with Gasteiger partial charge in [0.15, 0.2) is 5.65 Å². The van der Waals surface area contributed by atoms with Gasteiger partial charge in [0.05, 0.1) is 11.9 Å². The zero-order valence-electron chi connectivity index (χ0n) is 16.3.